The molecule has 0 aliphatic carbocycles. The first kappa shape index (κ1) is 17.3. The molecule has 1 aromatic rings. The highest BCUT2D eigenvalue weighted by Crippen LogP contribution is 2.22. The van der Waals surface area contributed by atoms with Crippen LogP contribution in [0.3, 0.4) is 0 Å². The van der Waals surface area contributed by atoms with Crippen LogP contribution in [0.1, 0.15) is 25.3 Å². The highest BCUT2D eigenvalue weighted by atomic mass is 16.2. The zero-order valence-electron chi connectivity index (χ0n) is 14.6. The molecule has 0 bridgehead atoms. The average molecular weight is 340 g/mol. The third kappa shape index (κ3) is 3.76. The van der Waals surface area contributed by atoms with Gasteiger partial charge in [-0.25, -0.2) is 0 Å². The Morgan fingerprint density at radius 2 is 1.96 bits per heavy atom. The predicted molar refractivity (Wildman–Crippen MR) is 94.9 cm³/mol. The number of likely N-dealkylation sites (tertiary alicyclic amines) is 1. The van der Waals surface area contributed by atoms with Crippen molar-refractivity contribution in [1.29, 1.82) is 5.26 Å². The molecule has 0 saturated carbocycles. The predicted octanol–water partition coefficient (Wildman–Crippen LogP) is 1.47. The second-order valence-corrected chi connectivity index (χ2v) is 6.66. The molecule has 132 valence electrons. The van der Waals surface area contributed by atoms with Crippen molar-refractivity contribution < 1.29 is 9.59 Å². The van der Waals surface area contributed by atoms with Crippen LogP contribution in [0.15, 0.2) is 24.3 Å². The van der Waals surface area contributed by atoms with Gasteiger partial charge in [0.1, 0.15) is 0 Å². The Balaban J connectivity index is 1.60. The van der Waals surface area contributed by atoms with E-state index in [0.29, 0.717) is 31.6 Å². The summed E-state index contributed by atoms with van der Waals surface area (Å²) in [4.78, 5) is 30.6. The molecule has 0 radical (unpaired) electrons. The summed E-state index contributed by atoms with van der Waals surface area (Å²) in [6.45, 7) is 6.26. The lowest BCUT2D eigenvalue weighted by Crippen LogP contribution is -2.40. The molecule has 0 spiro atoms. The van der Waals surface area contributed by atoms with E-state index in [1.807, 2.05) is 36.1 Å². The number of carbonyl (C=O) groups excluding carboxylic acids is 2. The molecule has 6 nitrogen and oxygen atoms in total. The van der Waals surface area contributed by atoms with Crippen molar-refractivity contribution in [1.82, 2.24) is 9.80 Å². The number of benzene rings is 1. The van der Waals surface area contributed by atoms with Gasteiger partial charge in [-0.1, -0.05) is 0 Å². The van der Waals surface area contributed by atoms with Gasteiger partial charge in [0.15, 0.2) is 0 Å². The third-order valence-electron chi connectivity index (χ3n) is 5.11. The van der Waals surface area contributed by atoms with Gasteiger partial charge < -0.3 is 14.7 Å². The fourth-order valence-corrected chi connectivity index (χ4v) is 3.64. The molecule has 2 saturated heterocycles. The van der Waals surface area contributed by atoms with Gasteiger partial charge in [0.2, 0.25) is 11.8 Å². The summed E-state index contributed by atoms with van der Waals surface area (Å²) < 4.78 is 0. The number of hydrogen-bond donors (Lipinski definition) is 0. The van der Waals surface area contributed by atoms with E-state index in [1.54, 1.807) is 4.90 Å². The molecular formula is C19H24N4O2. The monoisotopic (exact) mass is 340 g/mol. The molecule has 0 unspecified atom stereocenters. The zero-order chi connectivity index (χ0) is 17.8. The van der Waals surface area contributed by atoms with Crippen molar-refractivity contribution >= 4 is 17.5 Å². The minimum atomic E-state index is -0.186. The number of anilines is 1. The third-order valence-corrected chi connectivity index (χ3v) is 5.11. The van der Waals surface area contributed by atoms with Crippen LogP contribution in [-0.2, 0) is 9.59 Å². The van der Waals surface area contributed by atoms with Gasteiger partial charge >= 0.3 is 0 Å². The van der Waals surface area contributed by atoms with Crippen LogP contribution in [0.2, 0.25) is 0 Å². The second kappa shape index (κ2) is 7.56. The molecule has 1 atom stereocenters. The first-order chi connectivity index (χ1) is 12.1. The van der Waals surface area contributed by atoms with Crippen LogP contribution in [0.4, 0.5) is 5.69 Å². The molecule has 2 aliphatic heterocycles. The Hall–Kier alpha value is -2.55. The highest BCUT2D eigenvalue weighted by molar-refractivity contribution is 5.89. The zero-order valence-corrected chi connectivity index (χ0v) is 14.6. The van der Waals surface area contributed by atoms with Crippen molar-refractivity contribution in [2.24, 2.45) is 5.92 Å². The molecule has 2 amide bonds. The summed E-state index contributed by atoms with van der Waals surface area (Å²) in [5.41, 5.74) is 1.74. The number of hydrogen-bond acceptors (Lipinski definition) is 4. The van der Waals surface area contributed by atoms with Crippen molar-refractivity contribution in [3.05, 3.63) is 29.8 Å². The van der Waals surface area contributed by atoms with Crippen molar-refractivity contribution in [2.45, 2.75) is 19.8 Å². The van der Waals surface area contributed by atoms with Gasteiger partial charge in [-0.3, -0.25) is 9.59 Å². The fourth-order valence-electron chi connectivity index (χ4n) is 3.64. The first-order valence-electron chi connectivity index (χ1n) is 8.94. The number of nitriles is 1. The Bertz CT molecular complexity index is 680. The quantitative estimate of drug-likeness (QED) is 0.835. The Morgan fingerprint density at radius 1 is 1.20 bits per heavy atom. The fraction of sp³-hybridized carbons (Fsp3) is 0.526. The van der Waals surface area contributed by atoms with Crippen LogP contribution < -0.4 is 4.90 Å². The van der Waals surface area contributed by atoms with Gasteiger partial charge in [-0.2, -0.15) is 5.26 Å². The Morgan fingerprint density at radius 3 is 2.60 bits per heavy atom. The van der Waals surface area contributed by atoms with Gasteiger partial charge in [0.25, 0.3) is 0 Å². The minimum Gasteiger partial charge on any atom is -0.370 e. The number of nitrogens with zero attached hydrogens (tertiary/aromatic N) is 4. The second-order valence-electron chi connectivity index (χ2n) is 6.66. The maximum atomic E-state index is 12.8. The van der Waals surface area contributed by atoms with E-state index >= 15 is 0 Å². The van der Waals surface area contributed by atoms with E-state index in [2.05, 4.69) is 11.0 Å². The summed E-state index contributed by atoms with van der Waals surface area (Å²) in [7, 11) is 0. The van der Waals surface area contributed by atoms with E-state index in [0.717, 1.165) is 31.7 Å². The van der Waals surface area contributed by atoms with Gasteiger partial charge in [0.05, 0.1) is 17.6 Å². The standard InChI is InChI=1S/C19H24N4O2/c1-2-21-14-16(12-18(21)24)19(25)23-9-3-8-22(10-11-23)17-6-4-15(13-20)5-7-17/h4-7,16H,2-3,8-12,14H2,1H3/t16-/m1/s1. The van der Waals surface area contributed by atoms with Gasteiger partial charge in [-0.05, 0) is 37.6 Å². The Kier molecular flexibility index (Phi) is 5.22. The van der Waals surface area contributed by atoms with Gasteiger partial charge in [-0.15, -0.1) is 0 Å². The summed E-state index contributed by atoms with van der Waals surface area (Å²) in [6, 6.07) is 9.71. The highest BCUT2D eigenvalue weighted by Gasteiger charge is 2.36. The molecule has 1 aromatic carbocycles. The average Bonchev–Trinajstić information content (AvgIpc) is 2.86. The number of rotatable bonds is 3. The maximum Gasteiger partial charge on any atom is 0.228 e. The maximum absolute atomic E-state index is 12.8. The van der Waals surface area contributed by atoms with Crippen LogP contribution >= 0.6 is 0 Å². The summed E-state index contributed by atoms with van der Waals surface area (Å²) in [5.74, 6) is 0.0229. The molecule has 0 N–H and O–H groups in total. The SMILES string of the molecule is CCN1C[C@H](C(=O)N2CCCN(c3ccc(C#N)cc3)CC2)CC1=O. The lowest BCUT2D eigenvalue weighted by Gasteiger charge is -2.25. The molecule has 2 heterocycles. The molecule has 2 fully saturated rings. The molecule has 25 heavy (non-hydrogen) atoms. The largest absolute Gasteiger partial charge is 0.370 e. The first-order valence-corrected chi connectivity index (χ1v) is 8.94. The molecular weight excluding hydrogens is 316 g/mol. The van der Waals surface area contributed by atoms with Crippen LogP contribution in [0, 0.1) is 17.2 Å². The van der Waals surface area contributed by atoms with Crippen molar-refractivity contribution in [3.8, 4) is 6.07 Å². The van der Waals surface area contributed by atoms with E-state index in [1.165, 1.54) is 0 Å². The van der Waals surface area contributed by atoms with Crippen molar-refractivity contribution in [3.63, 3.8) is 0 Å². The lowest BCUT2D eigenvalue weighted by molar-refractivity contribution is -0.135. The smallest absolute Gasteiger partial charge is 0.228 e. The lowest BCUT2D eigenvalue weighted by atomic mass is 10.1. The van der Waals surface area contributed by atoms with Crippen molar-refractivity contribution in [2.75, 3.05) is 44.2 Å². The van der Waals surface area contributed by atoms with Gasteiger partial charge in [0, 0.05) is 51.4 Å². The van der Waals surface area contributed by atoms with Crippen LogP contribution in [-0.4, -0.2) is 60.9 Å². The molecule has 6 heteroatoms. The topological polar surface area (TPSA) is 67.7 Å². The van der Waals surface area contributed by atoms with Crippen LogP contribution in [0.25, 0.3) is 0 Å². The molecule has 0 aromatic heterocycles. The van der Waals surface area contributed by atoms with E-state index < -0.39 is 0 Å². The molecule has 3 rings (SSSR count). The van der Waals surface area contributed by atoms with Crippen LogP contribution in [0.5, 0.6) is 0 Å². The minimum absolute atomic E-state index is 0.0925. The Labute approximate surface area is 148 Å². The van der Waals surface area contributed by atoms with E-state index in [-0.39, 0.29) is 17.7 Å². The summed E-state index contributed by atoms with van der Waals surface area (Å²) in [6.07, 6.45) is 1.26. The summed E-state index contributed by atoms with van der Waals surface area (Å²) in [5, 5.41) is 8.90. The normalized spacial score (nSPS) is 21.2. The molecule has 2 aliphatic rings. The number of amides is 2. The van der Waals surface area contributed by atoms with E-state index in [9.17, 15) is 9.59 Å². The van der Waals surface area contributed by atoms with E-state index in [4.69, 9.17) is 5.26 Å². The summed E-state index contributed by atoms with van der Waals surface area (Å²) >= 11 is 0. The number of carbonyl (C=O) groups is 2.